The molecule has 3 heteroatoms. The molecule has 13 heavy (non-hydrogen) atoms. The number of hydrogen-bond donors (Lipinski definition) is 1. The first kappa shape index (κ1) is 10.9. The fraction of sp³-hybridized carbons (Fsp3) is 1.00. The van der Waals surface area contributed by atoms with E-state index in [4.69, 9.17) is 0 Å². The molecule has 0 unspecified atom stereocenters. The molecule has 1 rings (SSSR count). The lowest BCUT2D eigenvalue weighted by molar-refractivity contribution is 0.0179. The second-order valence-corrected chi connectivity index (χ2v) is 3.97. The molecule has 78 valence electrons. The predicted octanol–water partition coefficient (Wildman–Crippen LogP) is 2.95. The van der Waals surface area contributed by atoms with Crippen LogP contribution >= 0.6 is 0 Å². The number of nitrogens with one attached hydrogen (secondary N) is 1. The molecular weight excluding hydrogens is 172 g/mol. The van der Waals surface area contributed by atoms with Crippen LogP contribution in [0.5, 0.6) is 0 Å². The van der Waals surface area contributed by atoms with Crippen LogP contribution in [0.4, 0.5) is 8.78 Å². The Morgan fingerprint density at radius 2 is 1.46 bits per heavy atom. The first-order valence-corrected chi connectivity index (χ1v) is 5.18. The highest BCUT2D eigenvalue weighted by molar-refractivity contribution is 4.90. The summed E-state index contributed by atoms with van der Waals surface area (Å²) in [6, 6.07) is 0. The Morgan fingerprint density at radius 3 is 1.85 bits per heavy atom. The molecule has 0 aliphatic heterocycles. The molecule has 0 bridgehead atoms. The van der Waals surface area contributed by atoms with Crippen LogP contribution < -0.4 is 5.32 Å². The van der Waals surface area contributed by atoms with Gasteiger partial charge in [0, 0.05) is 0 Å². The highest BCUT2D eigenvalue weighted by Crippen LogP contribution is 2.31. The SMILES string of the molecule is CNC1(C(F)F)CCCCCCC1. The van der Waals surface area contributed by atoms with Crippen LogP contribution in [0.1, 0.15) is 44.9 Å². The lowest BCUT2D eigenvalue weighted by Crippen LogP contribution is -2.49. The van der Waals surface area contributed by atoms with Gasteiger partial charge in [-0.1, -0.05) is 32.1 Å². The molecule has 1 saturated carbocycles. The van der Waals surface area contributed by atoms with Crippen molar-refractivity contribution < 1.29 is 8.78 Å². The van der Waals surface area contributed by atoms with E-state index in [9.17, 15) is 8.78 Å². The van der Waals surface area contributed by atoms with Crippen LogP contribution in [-0.2, 0) is 0 Å². The molecule has 1 aliphatic rings. The minimum absolute atomic E-state index is 0.626. The van der Waals surface area contributed by atoms with Gasteiger partial charge in [-0.05, 0) is 19.9 Å². The minimum Gasteiger partial charge on any atom is -0.309 e. The molecular formula is C10H19F2N. The number of alkyl halides is 2. The Bertz CT molecular complexity index is 140. The third-order valence-corrected chi connectivity index (χ3v) is 3.16. The normalized spacial score (nSPS) is 24.0. The van der Waals surface area contributed by atoms with Crippen LogP contribution in [0, 0.1) is 0 Å². The van der Waals surface area contributed by atoms with E-state index in [2.05, 4.69) is 5.32 Å². The average Bonchev–Trinajstić information content (AvgIpc) is 2.04. The van der Waals surface area contributed by atoms with Gasteiger partial charge in [0.2, 0.25) is 0 Å². The molecule has 0 saturated heterocycles. The van der Waals surface area contributed by atoms with Crippen molar-refractivity contribution in [2.24, 2.45) is 0 Å². The van der Waals surface area contributed by atoms with Crippen molar-refractivity contribution in [3.8, 4) is 0 Å². The van der Waals surface area contributed by atoms with E-state index in [0.717, 1.165) is 25.7 Å². The number of hydrogen-bond acceptors (Lipinski definition) is 1. The van der Waals surface area contributed by atoms with Crippen molar-refractivity contribution in [3.63, 3.8) is 0 Å². The largest absolute Gasteiger partial charge is 0.309 e. The molecule has 1 nitrogen and oxygen atoms in total. The van der Waals surface area contributed by atoms with Gasteiger partial charge in [0.15, 0.2) is 0 Å². The Morgan fingerprint density at radius 1 is 1.00 bits per heavy atom. The van der Waals surface area contributed by atoms with Gasteiger partial charge in [0.25, 0.3) is 6.43 Å². The zero-order chi connectivity index (χ0) is 9.73. The summed E-state index contributed by atoms with van der Waals surface area (Å²) in [4.78, 5) is 0. The van der Waals surface area contributed by atoms with Crippen molar-refractivity contribution in [2.45, 2.75) is 56.9 Å². The number of halogens is 2. The van der Waals surface area contributed by atoms with Gasteiger partial charge >= 0.3 is 0 Å². The molecule has 0 heterocycles. The molecule has 0 aromatic heterocycles. The zero-order valence-corrected chi connectivity index (χ0v) is 8.28. The van der Waals surface area contributed by atoms with Crippen molar-refractivity contribution in [1.29, 1.82) is 0 Å². The van der Waals surface area contributed by atoms with Gasteiger partial charge in [-0.3, -0.25) is 0 Å². The average molecular weight is 191 g/mol. The maximum absolute atomic E-state index is 12.8. The molecule has 0 aromatic carbocycles. The highest BCUT2D eigenvalue weighted by Gasteiger charge is 2.37. The maximum atomic E-state index is 12.8. The predicted molar refractivity (Wildman–Crippen MR) is 50.1 cm³/mol. The van der Waals surface area contributed by atoms with E-state index in [-0.39, 0.29) is 0 Å². The lowest BCUT2D eigenvalue weighted by atomic mass is 9.84. The van der Waals surface area contributed by atoms with Crippen molar-refractivity contribution in [2.75, 3.05) is 7.05 Å². The van der Waals surface area contributed by atoms with Crippen LogP contribution in [0.3, 0.4) is 0 Å². The van der Waals surface area contributed by atoms with E-state index in [1.54, 1.807) is 7.05 Å². The van der Waals surface area contributed by atoms with Gasteiger partial charge < -0.3 is 5.32 Å². The summed E-state index contributed by atoms with van der Waals surface area (Å²) in [5, 5.41) is 2.83. The van der Waals surface area contributed by atoms with Gasteiger partial charge in [-0.2, -0.15) is 0 Å². The van der Waals surface area contributed by atoms with Gasteiger partial charge in [-0.25, -0.2) is 8.78 Å². The Balaban J connectivity index is 2.58. The van der Waals surface area contributed by atoms with E-state index in [1.165, 1.54) is 6.42 Å². The smallest absolute Gasteiger partial charge is 0.256 e. The molecule has 0 aromatic rings. The number of rotatable bonds is 2. The molecule has 0 amide bonds. The van der Waals surface area contributed by atoms with Gasteiger partial charge in [0.05, 0.1) is 5.54 Å². The summed E-state index contributed by atoms with van der Waals surface area (Å²) in [5.41, 5.74) is -0.888. The molecule has 1 N–H and O–H groups in total. The maximum Gasteiger partial charge on any atom is 0.256 e. The van der Waals surface area contributed by atoms with E-state index in [0.29, 0.717) is 12.8 Å². The van der Waals surface area contributed by atoms with Crippen LogP contribution in [-0.4, -0.2) is 19.0 Å². The summed E-state index contributed by atoms with van der Waals surface area (Å²) in [6.45, 7) is 0. The third kappa shape index (κ3) is 2.63. The topological polar surface area (TPSA) is 12.0 Å². The van der Waals surface area contributed by atoms with E-state index >= 15 is 0 Å². The van der Waals surface area contributed by atoms with Crippen LogP contribution in [0.2, 0.25) is 0 Å². The second kappa shape index (κ2) is 4.89. The monoisotopic (exact) mass is 191 g/mol. The molecule has 1 aliphatic carbocycles. The van der Waals surface area contributed by atoms with Crippen molar-refractivity contribution in [3.05, 3.63) is 0 Å². The standard InChI is InChI=1S/C10H19F2N/c1-13-10(9(11)12)7-5-3-2-4-6-8-10/h9,13H,2-8H2,1H3. The fourth-order valence-electron chi connectivity index (χ4n) is 2.11. The van der Waals surface area contributed by atoms with Crippen molar-refractivity contribution >= 4 is 0 Å². The zero-order valence-electron chi connectivity index (χ0n) is 8.28. The Labute approximate surface area is 78.9 Å². The molecule has 0 spiro atoms. The van der Waals surface area contributed by atoms with Crippen LogP contribution in [0.25, 0.3) is 0 Å². The quantitative estimate of drug-likeness (QED) is 0.707. The molecule has 0 radical (unpaired) electrons. The summed E-state index contributed by atoms with van der Waals surface area (Å²) >= 11 is 0. The van der Waals surface area contributed by atoms with E-state index in [1.807, 2.05) is 0 Å². The summed E-state index contributed by atoms with van der Waals surface area (Å²) in [5.74, 6) is 0. The first-order valence-electron chi connectivity index (χ1n) is 5.18. The van der Waals surface area contributed by atoms with Crippen molar-refractivity contribution in [1.82, 2.24) is 5.32 Å². The summed E-state index contributed by atoms with van der Waals surface area (Å²) in [6.07, 6.45) is 4.32. The third-order valence-electron chi connectivity index (χ3n) is 3.16. The highest BCUT2D eigenvalue weighted by atomic mass is 19.3. The summed E-state index contributed by atoms with van der Waals surface area (Å²) in [7, 11) is 1.66. The lowest BCUT2D eigenvalue weighted by Gasteiger charge is -2.34. The first-order chi connectivity index (χ1) is 6.21. The second-order valence-electron chi connectivity index (χ2n) is 3.97. The minimum atomic E-state index is -2.23. The van der Waals surface area contributed by atoms with E-state index < -0.39 is 12.0 Å². The molecule has 1 fully saturated rings. The molecule has 0 atom stereocenters. The van der Waals surface area contributed by atoms with Gasteiger partial charge in [-0.15, -0.1) is 0 Å². The van der Waals surface area contributed by atoms with Crippen LogP contribution in [0.15, 0.2) is 0 Å². The summed E-state index contributed by atoms with van der Waals surface area (Å²) < 4.78 is 25.7. The van der Waals surface area contributed by atoms with Gasteiger partial charge in [0.1, 0.15) is 0 Å². The Kier molecular flexibility index (Phi) is 4.10. The Hall–Kier alpha value is -0.180. The fourth-order valence-corrected chi connectivity index (χ4v) is 2.11.